The maximum absolute atomic E-state index is 13.1. The van der Waals surface area contributed by atoms with E-state index in [-0.39, 0.29) is 11.7 Å². The first-order valence-electron chi connectivity index (χ1n) is 11.4. The van der Waals surface area contributed by atoms with Gasteiger partial charge in [0, 0.05) is 64.6 Å². The van der Waals surface area contributed by atoms with Gasteiger partial charge in [-0.3, -0.25) is 14.6 Å². The van der Waals surface area contributed by atoms with Crippen LogP contribution in [-0.4, -0.2) is 95.2 Å². The fourth-order valence-corrected chi connectivity index (χ4v) is 4.28. The predicted octanol–water partition coefficient (Wildman–Crippen LogP) is 1.83. The second-order valence-electron chi connectivity index (χ2n) is 9.00. The minimum Gasteiger partial charge on any atom is -0.447 e. The van der Waals surface area contributed by atoms with Gasteiger partial charge in [-0.25, -0.2) is 9.37 Å². The van der Waals surface area contributed by atoms with Crippen LogP contribution >= 0.6 is 0 Å². The summed E-state index contributed by atoms with van der Waals surface area (Å²) in [5.74, 6) is 0.159. The number of aliphatic hydroxyl groups is 1. The summed E-state index contributed by atoms with van der Waals surface area (Å²) < 4.78 is 18.7. The highest BCUT2D eigenvalue weighted by molar-refractivity contribution is 5.92. The quantitative estimate of drug-likeness (QED) is 0.636. The molecular formula is C24H32FN5O3. The molecule has 1 atom stereocenters. The van der Waals surface area contributed by atoms with Crippen molar-refractivity contribution in [3.63, 3.8) is 0 Å². The van der Waals surface area contributed by atoms with Crippen molar-refractivity contribution in [2.45, 2.75) is 19.1 Å². The summed E-state index contributed by atoms with van der Waals surface area (Å²) in [6.45, 7) is 12.5. The number of aromatic nitrogens is 1. The maximum Gasteiger partial charge on any atom is 0.275 e. The number of benzene rings is 1. The third kappa shape index (κ3) is 5.98. The summed E-state index contributed by atoms with van der Waals surface area (Å²) in [5, 5.41) is 10.2. The molecule has 8 nitrogen and oxygen atoms in total. The molecule has 0 aliphatic carbocycles. The van der Waals surface area contributed by atoms with Gasteiger partial charge < -0.3 is 19.3 Å². The molecule has 0 spiro atoms. The van der Waals surface area contributed by atoms with Gasteiger partial charge in [0.2, 0.25) is 5.89 Å². The van der Waals surface area contributed by atoms with E-state index in [9.17, 15) is 14.3 Å². The number of halogens is 1. The Morgan fingerprint density at radius 1 is 1.12 bits per heavy atom. The molecule has 2 aromatic rings. The van der Waals surface area contributed by atoms with Crippen LogP contribution < -0.4 is 4.90 Å². The Morgan fingerprint density at radius 3 is 2.39 bits per heavy atom. The van der Waals surface area contributed by atoms with Crippen LogP contribution in [0.2, 0.25) is 0 Å². The summed E-state index contributed by atoms with van der Waals surface area (Å²) >= 11 is 0. The van der Waals surface area contributed by atoms with Crippen LogP contribution in [0, 0.1) is 5.82 Å². The van der Waals surface area contributed by atoms with E-state index in [0.29, 0.717) is 50.9 Å². The summed E-state index contributed by atoms with van der Waals surface area (Å²) in [4.78, 5) is 25.7. The number of nitrogens with zero attached hydrogens (tertiary/aromatic N) is 5. The molecule has 1 N–H and O–H groups in total. The smallest absolute Gasteiger partial charge is 0.275 e. The predicted molar refractivity (Wildman–Crippen MR) is 124 cm³/mol. The van der Waals surface area contributed by atoms with Crippen molar-refractivity contribution in [3.05, 3.63) is 60.6 Å². The number of hydrogen-bond acceptors (Lipinski definition) is 7. The van der Waals surface area contributed by atoms with Gasteiger partial charge in [-0.2, -0.15) is 0 Å². The molecule has 1 amide bonds. The molecule has 9 heteroatoms. The number of oxazole rings is 1. The Morgan fingerprint density at radius 2 is 1.76 bits per heavy atom. The van der Waals surface area contributed by atoms with Gasteiger partial charge in [-0.1, -0.05) is 6.08 Å². The molecule has 2 aliphatic rings. The van der Waals surface area contributed by atoms with E-state index < -0.39 is 5.60 Å². The maximum atomic E-state index is 13.1. The second kappa shape index (κ2) is 10.0. The molecule has 1 aromatic heterocycles. The Balaban J connectivity index is 1.24. The van der Waals surface area contributed by atoms with Crippen LogP contribution in [0.3, 0.4) is 0 Å². The van der Waals surface area contributed by atoms with Crippen molar-refractivity contribution in [2.24, 2.45) is 0 Å². The minimum absolute atomic E-state index is 0.125. The van der Waals surface area contributed by atoms with Crippen LogP contribution in [0.5, 0.6) is 0 Å². The topological polar surface area (TPSA) is 76.3 Å². The SMILES string of the molecule is C=C[C@](C)(O)CN1CCN(Cc2nc(C(=O)N3CCN(c4ccc(F)cc4)CC3)co2)CC1. The zero-order chi connectivity index (χ0) is 23.4. The molecule has 3 heterocycles. The fourth-order valence-electron chi connectivity index (χ4n) is 4.28. The molecule has 4 rings (SSSR count). The van der Waals surface area contributed by atoms with Crippen molar-refractivity contribution in [2.75, 3.05) is 63.8 Å². The third-order valence-corrected chi connectivity index (χ3v) is 6.34. The summed E-state index contributed by atoms with van der Waals surface area (Å²) in [7, 11) is 0. The van der Waals surface area contributed by atoms with Gasteiger partial charge >= 0.3 is 0 Å². The first kappa shape index (κ1) is 23.4. The van der Waals surface area contributed by atoms with Crippen LogP contribution in [0.25, 0.3) is 0 Å². The molecule has 2 aliphatic heterocycles. The Labute approximate surface area is 193 Å². The lowest BCUT2D eigenvalue weighted by Gasteiger charge is -2.37. The third-order valence-electron chi connectivity index (χ3n) is 6.34. The molecule has 33 heavy (non-hydrogen) atoms. The largest absolute Gasteiger partial charge is 0.447 e. The first-order chi connectivity index (χ1) is 15.8. The lowest BCUT2D eigenvalue weighted by atomic mass is 10.1. The Kier molecular flexibility index (Phi) is 7.11. The molecule has 178 valence electrons. The van der Waals surface area contributed by atoms with E-state index >= 15 is 0 Å². The van der Waals surface area contributed by atoms with Crippen LogP contribution in [-0.2, 0) is 6.54 Å². The van der Waals surface area contributed by atoms with Crippen molar-refractivity contribution < 1.29 is 18.7 Å². The fraction of sp³-hybridized carbons (Fsp3) is 0.500. The second-order valence-corrected chi connectivity index (χ2v) is 9.00. The van der Waals surface area contributed by atoms with E-state index in [2.05, 4.69) is 26.3 Å². The van der Waals surface area contributed by atoms with Gasteiger partial charge in [0.25, 0.3) is 5.91 Å². The van der Waals surface area contributed by atoms with Crippen LogP contribution in [0.1, 0.15) is 23.3 Å². The minimum atomic E-state index is -0.884. The highest BCUT2D eigenvalue weighted by Gasteiger charge is 2.27. The van der Waals surface area contributed by atoms with Gasteiger partial charge in [-0.15, -0.1) is 6.58 Å². The van der Waals surface area contributed by atoms with Crippen molar-refractivity contribution in [1.82, 2.24) is 19.7 Å². The van der Waals surface area contributed by atoms with Crippen LogP contribution in [0.15, 0.2) is 47.6 Å². The summed E-state index contributed by atoms with van der Waals surface area (Å²) in [6, 6.07) is 6.43. The lowest BCUT2D eigenvalue weighted by molar-refractivity contribution is 0.0348. The highest BCUT2D eigenvalue weighted by Crippen LogP contribution is 2.18. The lowest BCUT2D eigenvalue weighted by Crippen LogP contribution is -2.50. The molecule has 0 saturated carbocycles. The van der Waals surface area contributed by atoms with E-state index in [1.165, 1.54) is 18.4 Å². The number of carbonyl (C=O) groups excluding carboxylic acids is 1. The standard InChI is InChI=1S/C24H32FN5O3/c1-3-24(2,32)18-28-10-8-27(9-11-28)16-22-26-21(17-33-22)23(31)30-14-12-29(13-15-30)20-6-4-19(25)5-7-20/h3-7,17,32H,1,8-16,18H2,2H3/t24-/m0/s1. The molecule has 1 aromatic carbocycles. The van der Waals surface area contributed by atoms with Gasteiger partial charge in [-0.05, 0) is 31.2 Å². The number of rotatable bonds is 7. The average molecular weight is 458 g/mol. The van der Waals surface area contributed by atoms with Crippen molar-refractivity contribution >= 4 is 11.6 Å². The van der Waals surface area contributed by atoms with Gasteiger partial charge in [0.15, 0.2) is 5.69 Å². The Hall–Kier alpha value is -2.75. The normalized spacial score (nSPS) is 20.0. The van der Waals surface area contributed by atoms with Crippen molar-refractivity contribution in [1.29, 1.82) is 0 Å². The molecule has 0 bridgehead atoms. The van der Waals surface area contributed by atoms with Gasteiger partial charge in [0.05, 0.1) is 12.1 Å². The van der Waals surface area contributed by atoms with Gasteiger partial charge in [0.1, 0.15) is 12.1 Å². The van der Waals surface area contributed by atoms with E-state index in [0.717, 1.165) is 31.9 Å². The summed E-state index contributed by atoms with van der Waals surface area (Å²) in [5.41, 5.74) is 0.408. The number of β-amino-alcohol motifs (C(OH)–C–C–N with tert-alkyl or cyclic N) is 1. The zero-order valence-corrected chi connectivity index (χ0v) is 19.1. The Bertz CT molecular complexity index is 945. The average Bonchev–Trinajstić information content (AvgIpc) is 3.29. The van der Waals surface area contributed by atoms with Crippen molar-refractivity contribution in [3.8, 4) is 0 Å². The zero-order valence-electron chi connectivity index (χ0n) is 19.1. The number of amides is 1. The molecular weight excluding hydrogens is 425 g/mol. The molecule has 0 radical (unpaired) electrons. The number of piperazine rings is 2. The summed E-state index contributed by atoms with van der Waals surface area (Å²) in [6.07, 6.45) is 3.02. The first-order valence-corrected chi connectivity index (χ1v) is 11.4. The van der Waals surface area contributed by atoms with E-state index in [4.69, 9.17) is 4.42 Å². The van der Waals surface area contributed by atoms with Crippen LogP contribution in [0.4, 0.5) is 10.1 Å². The van der Waals surface area contributed by atoms with E-state index in [1.54, 1.807) is 30.0 Å². The monoisotopic (exact) mass is 457 g/mol. The number of anilines is 1. The number of hydrogen-bond donors (Lipinski definition) is 1. The molecule has 2 saturated heterocycles. The molecule has 0 unspecified atom stereocenters. The molecule has 2 fully saturated rings. The number of carbonyl (C=O) groups is 1. The van der Waals surface area contributed by atoms with E-state index in [1.807, 2.05) is 0 Å². The highest BCUT2D eigenvalue weighted by atomic mass is 19.1.